The molecule has 0 spiro atoms. The highest BCUT2D eigenvalue weighted by molar-refractivity contribution is 6.26. The maximum absolute atomic E-state index is 5.08. The fraction of sp³-hybridized carbons (Fsp3) is 0.500. The van der Waals surface area contributed by atoms with E-state index in [2.05, 4.69) is 139 Å². The minimum Gasteiger partial charge on any atom is -0.324 e. The molecule has 1 N–H and O–H groups in total. The summed E-state index contributed by atoms with van der Waals surface area (Å²) in [5, 5.41) is 3.59. The molecule has 5 nitrogen and oxygen atoms in total. The minimum absolute atomic E-state index is 0.0103. The van der Waals surface area contributed by atoms with Gasteiger partial charge in [0.1, 0.15) is 11.7 Å². The SMILES string of the molecule is Cc1cc2c(cc1C)/C(=N\c1cc(C(C)(C)C)cc(C(C)(C)C)n1)N=C2Nc1cc(C(C)(C)C)cc(C(C)(C)C)n1. The zero-order chi connectivity index (χ0) is 30.7. The first-order chi connectivity index (χ1) is 18.6. The molecule has 3 aromatic rings. The molecule has 218 valence electrons. The number of nitrogens with one attached hydrogen (secondary N) is 1. The Kier molecular flexibility index (Phi) is 7.60. The molecule has 0 amide bonds. The topological polar surface area (TPSA) is 62.5 Å². The Bertz CT molecular complexity index is 1480. The number of pyridine rings is 2. The largest absolute Gasteiger partial charge is 0.324 e. The van der Waals surface area contributed by atoms with Crippen molar-refractivity contribution in [3.63, 3.8) is 0 Å². The van der Waals surface area contributed by atoms with Gasteiger partial charge in [-0.05, 0) is 83.3 Å². The number of hydrogen-bond acceptors (Lipinski definition) is 4. The lowest BCUT2D eigenvalue weighted by molar-refractivity contribution is 0.553. The van der Waals surface area contributed by atoms with Gasteiger partial charge in [-0.3, -0.25) is 0 Å². The molecule has 0 saturated carbocycles. The van der Waals surface area contributed by atoms with Crippen molar-refractivity contribution in [3.05, 3.63) is 81.2 Å². The van der Waals surface area contributed by atoms with Crippen molar-refractivity contribution in [1.82, 2.24) is 9.97 Å². The third kappa shape index (κ3) is 6.77. The van der Waals surface area contributed by atoms with Gasteiger partial charge in [-0.2, -0.15) is 0 Å². The average Bonchev–Trinajstić information content (AvgIpc) is 3.12. The highest BCUT2D eigenvalue weighted by Crippen LogP contribution is 2.34. The van der Waals surface area contributed by atoms with Gasteiger partial charge in [-0.25, -0.2) is 20.0 Å². The molecule has 1 aliphatic rings. The quantitative estimate of drug-likeness (QED) is 0.345. The summed E-state index contributed by atoms with van der Waals surface area (Å²) in [5.74, 6) is 2.93. The summed E-state index contributed by atoms with van der Waals surface area (Å²) in [4.78, 5) is 20.2. The Morgan fingerprint density at radius 1 is 0.561 bits per heavy atom. The molecule has 5 heteroatoms. The van der Waals surface area contributed by atoms with E-state index in [-0.39, 0.29) is 21.7 Å². The fourth-order valence-electron chi connectivity index (χ4n) is 4.64. The number of aromatic nitrogens is 2. The van der Waals surface area contributed by atoms with Crippen molar-refractivity contribution in [1.29, 1.82) is 0 Å². The average molecular weight is 552 g/mol. The van der Waals surface area contributed by atoms with Crippen LogP contribution in [-0.2, 0) is 21.7 Å². The zero-order valence-corrected chi connectivity index (χ0v) is 27.8. The molecule has 0 unspecified atom stereocenters. The van der Waals surface area contributed by atoms with Crippen molar-refractivity contribution in [2.45, 2.75) is 119 Å². The Labute approximate surface area is 248 Å². The molecule has 1 aliphatic heterocycles. The molecule has 0 fully saturated rings. The van der Waals surface area contributed by atoms with E-state index in [1.165, 1.54) is 22.3 Å². The van der Waals surface area contributed by atoms with Crippen LogP contribution in [0.2, 0.25) is 0 Å². The van der Waals surface area contributed by atoms with Gasteiger partial charge in [0.2, 0.25) is 0 Å². The second-order valence-electron chi connectivity index (χ2n) is 15.7. The van der Waals surface area contributed by atoms with E-state index in [1.54, 1.807) is 0 Å². The van der Waals surface area contributed by atoms with Crippen molar-refractivity contribution >= 4 is 23.3 Å². The highest BCUT2D eigenvalue weighted by Gasteiger charge is 2.27. The molecule has 41 heavy (non-hydrogen) atoms. The predicted molar refractivity (Wildman–Crippen MR) is 176 cm³/mol. The number of amidine groups is 2. The monoisotopic (exact) mass is 551 g/mol. The lowest BCUT2D eigenvalue weighted by atomic mass is 9.83. The summed E-state index contributed by atoms with van der Waals surface area (Å²) in [6.07, 6.45) is 0. The van der Waals surface area contributed by atoms with E-state index >= 15 is 0 Å². The summed E-state index contributed by atoms with van der Waals surface area (Å²) in [6, 6.07) is 13.1. The molecule has 3 heterocycles. The molecule has 0 saturated heterocycles. The molecule has 0 bridgehead atoms. The van der Waals surface area contributed by atoms with Crippen molar-refractivity contribution in [2.75, 3.05) is 5.32 Å². The van der Waals surface area contributed by atoms with Gasteiger partial charge < -0.3 is 5.32 Å². The van der Waals surface area contributed by atoms with Crippen LogP contribution in [-0.4, -0.2) is 21.6 Å². The van der Waals surface area contributed by atoms with Gasteiger partial charge in [-0.1, -0.05) is 83.1 Å². The lowest BCUT2D eigenvalue weighted by Crippen LogP contribution is -2.21. The second kappa shape index (κ2) is 10.2. The Morgan fingerprint density at radius 2 is 1.05 bits per heavy atom. The smallest absolute Gasteiger partial charge is 0.164 e. The number of aliphatic imine (C=N–C) groups is 2. The van der Waals surface area contributed by atoms with Crippen LogP contribution in [0.1, 0.15) is 128 Å². The van der Waals surface area contributed by atoms with Crippen LogP contribution < -0.4 is 5.32 Å². The Balaban J connectivity index is 1.88. The van der Waals surface area contributed by atoms with Gasteiger partial charge >= 0.3 is 0 Å². The molecular weight excluding hydrogens is 502 g/mol. The third-order valence-corrected chi connectivity index (χ3v) is 7.72. The number of anilines is 1. The summed E-state index contributed by atoms with van der Waals surface area (Å²) < 4.78 is 0. The van der Waals surface area contributed by atoms with Crippen LogP contribution >= 0.6 is 0 Å². The van der Waals surface area contributed by atoms with Crippen LogP contribution in [0.15, 0.2) is 46.4 Å². The highest BCUT2D eigenvalue weighted by atomic mass is 15.1. The molecule has 1 aromatic carbocycles. The van der Waals surface area contributed by atoms with Gasteiger partial charge in [0.25, 0.3) is 0 Å². The van der Waals surface area contributed by atoms with E-state index in [1.807, 2.05) is 0 Å². The van der Waals surface area contributed by atoms with Crippen molar-refractivity contribution in [3.8, 4) is 0 Å². The normalized spacial score (nSPS) is 15.3. The number of rotatable bonds is 2. The standard InChI is InChI=1S/C36H49N5/c1-21-15-25-26(16-22(21)2)32(40-30-20-24(34(6,7)8)18-28(38-30)36(12,13)14)41-31(25)39-29-19-23(33(3,4)5)17-27(37-29)35(9,10)11/h15-20H,1-14H3,(H,37,38,39,40,41). The van der Waals surface area contributed by atoms with E-state index in [4.69, 9.17) is 20.0 Å². The fourth-order valence-corrected chi connectivity index (χ4v) is 4.64. The molecule has 0 aliphatic carbocycles. The second-order valence-corrected chi connectivity index (χ2v) is 15.7. The number of hydrogen-bond donors (Lipinski definition) is 1. The van der Waals surface area contributed by atoms with E-state index in [9.17, 15) is 0 Å². The van der Waals surface area contributed by atoms with Crippen LogP contribution in [0.25, 0.3) is 0 Å². The van der Waals surface area contributed by atoms with Crippen molar-refractivity contribution in [2.24, 2.45) is 9.98 Å². The number of fused-ring (bicyclic) bond motifs is 1. The first kappa shape index (κ1) is 30.6. The van der Waals surface area contributed by atoms with Gasteiger partial charge in [0.05, 0.1) is 0 Å². The number of nitrogens with zero attached hydrogens (tertiary/aromatic N) is 4. The lowest BCUT2D eigenvalue weighted by Gasteiger charge is -2.25. The van der Waals surface area contributed by atoms with Crippen molar-refractivity contribution < 1.29 is 0 Å². The first-order valence-corrected chi connectivity index (χ1v) is 14.8. The summed E-state index contributed by atoms with van der Waals surface area (Å²) >= 11 is 0. The molecule has 4 rings (SSSR count). The van der Waals surface area contributed by atoms with Crippen LogP contribution in [0, 0.1) is 13.8 Å². The summed E-state index contributed by atoms with van der Waals surface area (Å²) in [7, 11) is 0. The molecule has 2 aromatic heterocycles. The van der Waals surface area contributed by atoms with Gasteiger partial charge in [0.15, 0.2) is 11.7 Å². The van der Waals surface area contributed by atoms with E-state index in [0.29, 0.717) is 11.7 Å². The van der Waals surface area contributed by atoms with Gasteiger partial charge in [0, 0.05) is 33.3 Å². The molecule has 0 radical (unpaired) electrons. The molecule has 0 atom stereocenters. The number of benzene rings is 1. The van der Waals surface area contributed by atoms with Gasteiger partial charge in [-0.15, -0.1) is 0 Å². The van der Waals surface area contributed by atoms with Crippen LogP contribution in [0.3, 0.4) is 0 Å². The molecular formula is C36H49N5. The Hall–Kier alpha value is -3.34. The zero-order valence-electron chi connectivity index (χ0n) is 27.8. The predicted octanol–water partition coefficient (Wildman–Crippen LogP) is 9.23. The minimum atomic E-state index is -0.0953. The third-order valence-electron chi connectivity index (χ3n) is 7.72. The van der Waals surface area contributed by atoms with E-state index < -0.39 is 0 Å². The summed E-state index contributed by atoms with van der Waals surface area (Å²) in [6.45, 7) is 30.9. The first-order valence-electron chi connectivity index (χ1n) is 14.8. The van der Waals surface area contributed by atoms with Crippen LogP contribution in [0.5, 0.6) is 0 Å². The maximum atomic E-state index is 5.08. The number of aryl methyl sites for hydroxylation is 2. The van der Waals surface area contributed by atoms with Crippen LogP contribution in [0.4, 0.5) is 11.6 Å². The maximum Gasteiger partial charge on any atom is 0.164 e. The Morgan fingerprint density at radius 3 is 1.56 bits per heavy atom. The van der Waals surface area contributed by atoms with E-state index in [0.717, 1.165) is 34.2 Å². The summed E-state index contributed by atoms with van der Waals surface area (Å²) in [5.41, 5.74) is 8.81.